The second-order valence-corrected chi connectivity index (χ2v) is 5.29. The molecule has 2 rings (SSSR count). The molecule has 0 aromatic heterocycles. The molecule has 0 heterocycles. The van der Waals surface area contributed by atoms with Crippen LogP contribution in [-0.4, -0.2) is 24.0 Å². The normalized spacial score (nSPS) is 24.1. The summed E-state index contributed by atoms with van der Waals surface area (Å²) in [6.07, 6.45) is 8.17. The largest absolute Gasteiger partial charge is 0.353 e. The first-order chi connectivity index (χ1) is 7.18. The second kappa shape index (κ2) is 4.52. The van der Waals surface area contributed by atoms with Crippen LogP contribution in [0.1, 0.15) is 51.9 Å². The summed E-state index contributed by atoms with van der Waals surface area (Å²) in [6, 6.07) is 0.500. The van der Waals surface area contributed by atoms with Gasteiger partial charge in [0.25, 0.3) is 0 Å². The summed E-state index contributed by atoms with van der Waals surface area (Å²) in [5, 5.41) is 6.53. The van der Waals surface area contributed by atoms with Crippen molar-refractivity contribution in [2.75, 3.05) is 6.54 Å². The highest BCUT2D eigenvalue weighted by Gasteiger charge is 2.28. The van der Waals surface area contributed by atoms with Gasteiger partial charge in [-0.2, -0.15) is 0 Å². The summed E-state index contributed by atoms with van der Waals surface area (Å²) >= 11 is 0. The molecule has 0 aromatic rings. The number of rotatable bonds is 5. The van der Waals surface area contributed by atoms with Crippen LogP contribution in [0.2, 0.25) is 0 Å². The first-order valence-electron chi connectivity index (χ1n) is 6.22. The lowest BCUT2D eigenvalue weighted by atomic mass is 10.0. The maximum absolute atomic E-state index is 11.4. The molecule has 0 saturated heterocycles. The maximum Gasteiger partial charge on any atom is 0.221 e. The van der Waals surface area contributed by atoms with Crippen LogP contribution in [0.4, 0.5) is 0 Å². The van der Waals surface area contributed by atoms with Crippen LogP contribution in [0.3, 0.4) is 0 Å². The Morgan fingerprint density at radius 1 is 1.33 bits per heavy atom. The fraction of sp³-hybridized carbons (Fsp3) is 0.917. The minimum Gasteiger partial charge on any atom is -0.353 e. The molecular weight excluding hydrogens is 188 g/mol. The van der Waals surface area contributed by atoms with Crippen LogP contribution in [0.25, 0.3) is 0 Å². The molecule has 0 bridgehead atoms. The Morgan fingerprint density at radius 2 is 2.00 bits per heavy atom. The van der Waals surface area contributed by atoms with E-state index in [-0.39, 0.29) is 5.91 Å². The van der Waals surface area contributed by atoms with E-state index < -0.39 is 0 Å². The van der Waals surface area contributed by atoms with E-state index in [0.29, 0.717) is 18.0 Å². The summed E-state index contributed by atoms with van der Waals surface area (Å²) in [5.74, 6) is 0.214. The van der Waals surface area contributed by atoms with E-state index in [1.54, 1.807) is 0 Å². The van der Waals surface area contributed by atoms with Crippen molar-refractivity contribution in [1.29, 1.82) is 0 Å². The minimum absolute atomic E-state index is 0.214. The number of hydrogen-bond donors (Lipinski definition) is 2. The maximum atomic E-state index is 11.4. The molecule has 86 valence electrons. The zero-order valence-electron chi connectivity index (χ0n) is 9.64. The van der Waals surface area contributed by atoms with E-state index in [1.807, 2.05) is 0 Å². The van der Waals surface area contributed by atoms with Gasteiger partial charge in [0.1, 0.15) is 0 Å². The third-order valence-electron chi connectivity index (χ3n) is 3.55. The quantitative estimate of drug-likeness (QED) is 0.723. The van der Waals surface area contributed by atoms with Crippen LogP contribution in [0.15, 0.2) is 0 Å². The molecule has 1 amide bonds. The molecule has 0 aromatic carbocycles. The van der Waals surface area contributed by atoms with Crippen molar-refractivity contribution in [2.24, 2.45) is 0 Å². The van der Waals surface area contributed by atoms with Crippen molar-refractivity contribution in [1.82, 2.24) is 10.6 Å². The predicted octanol–water partition coefficient (Wildman–Crippen LogP) is 1.58. The number of hydrogen-bond acceptors (Lipinski definition) is 2. The number of amides is 1. The van der Waals surface area contributed by atoms with Gasteiger partial charge in [-0.25, -0.2) is 0 Å². The SMILES string of the molecule is CC1(NCCC(=O)NC2CC2)CCCC1. The van der Waals surface area contributed by atoms with Gasteiger partial charge in [0.2, 0.25) is 5.91 Å². The lowest BCUT2D eigenvalue weighted by Gasteiger charge is -2.25. The fourth-order valence-corrected chi connectivity index (χ4v) is 2.34. The van der Waals surface area contributed by atoms with Gasteiger partial charge in [-0.3, -0.25) is 4.79 Å². The van der Waals surface area contributed by atoms with E-state index >= 15 is 0 Å². The Balaban J connectivity index is 1.58. The van der Waals surface area contributed by atoms with E-state index in [9.17, 15) is 4.79 Å². The first-order valence-corrected chi connectivity index (χ1v) is 6.22. The number of carbonyl (C=O) groups is 1. The Bertz CT molecular complexity index is 230. The molecule has 0 atom stereocenters. The highest BCUT2D eigenvalue weighted by Crippen LogP contribution is 2.28. The summed E-state index contributed by atoms with van der Waals surface area (Å²) in [4.78, 5) is 11.4. The zero-order valence-corrected chi connectivity index (χ0v) is 9.64. The molecule has 2 saturated carbocycles. The zero-order chi connectivity index (χ0) is 10.7. The molecule has 3 heteroatoms. The highest BCUT2D eigenvalue weighted by atomic mass is 16.1. The van der Waals surface area contributed by atoms with E-state index in [0.717, 1.165) is 6.54 Å². The monoisotopic (exact) mass is 210 g/mol. The van der Waals surface area contributed by atoms with Crippen molar-refractivity contribution >= 4 is 5.91 Å². The lowest BCUT2D eigenvalue weighted by Crippen LogP contribution is -2.41. The van der Waals surface area contributed by atoms with E-state index in [1.165, 1.54) is 38.5 Å². The second-order valence-electron chi connectivity index (χ2n) is 5.29. The standard InChI is InChI=1S/C12H22N2O/c1-12(7-2-3-8-12)13-9-6-11(15)14-10-4-5-10/h10,13H,2-9H2,1H3,(H,14,15). The van der Waals surface area contributed by atoms with Crippen LogP contribution >= 0.6 is 0 Å². The highest BCUT2D eigenvalue weighted by molar-refractivity contribution is 5.76. The van der Waals surface area contributed by atoms with Gasteiger partial charge in [-0.15, -0.1) is 0 Å². The molecule has 0 radical (unpaired) electrons. The molecule has 0 spiro atoms. The van der Waals surface area contributed by atoms with Crippen molar-refractivity contribution in [3.63, 3.8) is 0 Å². The molecule has 2 aliphatic carbocycles. The van der Waals surface area contributed by atoms with Crippen LogP contribution in [-0.2, 0) is 4.79 Å². The van der Waals surface area contributed by atoms with Gasteiger partial charge in [0.15, 0.2) is 0 Å². The van der Waals surface area contributed by atoms with Crippen molar-refractivity contribution in [3.05, 3.63) is 0 Å². The Labute approximate surface area is 92.0 Å². The summed E-state index contributed by atoms with van der Waals surface area (Å²) in [5.41, 5.74) is 0.305. The third-order valence-corrected chi connectivity index (χ3v) is 3.55. The molecule has 2 fully saturated rings. The fourth-order valence-electron chi connectivity index (χ4n) is 2.34. The summed E-state index contributed by atoms with van der Waals surface area (Å²) in [7, 11) is 0. The Morgan fingerprint density at radius 3 is 2.60 bits per heavy atom. The number of carbonyl (C=O) groups excluding carboxylic acids is 1. The smallest absolute Gasteiger partial charge is 0.221 e. The molecule has 0 aliphatic heterocycles. The van der Waals surface area contributed by atoms with Crippen molar-refractivity contribution < 1.29 is 4.79 Å². The molecule has 2 aliphatic rings. The van der Waals surface area contributed by atoms with Gasteiger partial charge in [0.05, 0.1) is 0 Å². The van der Waals surface area contributed by atoms with E-state index in [4.69, 9.17) is 0 Å². The van der Waals surface area contributed by atoms with Gasteiger partial charge in [-0.1, -0.05) is 12.8 Å². The van der Waals surface area contributed by atoms with Crippen LogP contribution in [0, 0.1) is 0 Å². The summed E-state index contributed by atoms with van der Waals surface area (Å²) in [6.45, 7) is 3.11. The Hall–Kier alpha value is -0.570. The third kappa shape index (κ3) is 3.49. The van der Waals surface area contributed by atoms with Gasteiger partial charge in [-0.05, 0) is 32.6 Å². The van der Waals surface area contributed by atoms with Crippen molar-refractivity contribution in [3.8, 4) is 0 Å². The molecule has 3 nitrogen and oxygen atoms in total. The lowest BCUT2D eigenvalue weighted by molar-refractivity contribution is -0.121. The van der Waals surface area contributed by atoms with Gasteiger partial charge >= 0.3 is 0 Å². The average molecular weight is 210 g/mol. The minimum atomic E-state index is 0.214. The topological polar surface area (TPSA) is 41.1 Å². The average Bonchev–Trinajstić information content (AvgIpc) is 2.88. The van der Waals surface area contributed by atoms with Crippen molar-refractivity contribution in [2.45, 2.75) is 63.5 Å². The van der Waals surface area contributed by atoms with Crippen LogP contribution in [0.5, 0.6) is 0 Å². The molecule has 2 N–H and O–H groups in total. The first kappa shape index (κ1) is 10.9. The number of nitrogens with one attached hydrogen (secondary N) is 2. The molecule has 0 unspecified atom stereocenters. The predicted molar refractivity (Wildman–Crippen MR) is 60.7 cm³/mol. The Kier molecular flexibility index (Phi) is 3.29. The van der Waals surface area contributed by atoms with Gasteiger partial charge in [0, 0.05) is 24.5 Å². The van der Waals surface area contributed by atoms with Crippen LogP contribution < -0.4 is 10.6 Å². The van der Waals surface area contributed by atoms with Gasteiger partial charge < -0.3 is 10.6 Å². The van der Waals surface area contributed by atoms with E-state index in [2.05, 4.69) is 17.6 Å². The molecular formula is C12H22N2O. The summed E-state index contributed by atoms with van der Waals surface area (Å²) < 4.78 is 0. The molecule has 15 heavy (non-hydrogen) atoms.